The zero-order valence-corrected chi connectivity index (χ0v) is 36.4. The van der Waals surface area contributed by atoms with Gasteiger partial charge in [-0.1, -0.05) is 196 Å². The van der Waals surface area contributed by atoms with E-state index in [0.717, 1.165) is 39.2 Å². The molecule has 3 heteroatoms. The van der Waals surface area contributed by atoms with E-state index in [1.54, 1.807) is 0 Å². The van der Waals surface area contributed by atoms with Crippen molar-refractivity contribution in [1.29, 1.82) is 0 Å². The lowest BCUT2D eigenvalue weighted by Gasteiger charge is -2.21. The van der Waals surface area contributed by atoms with Crippen molar-refractivity contribution in [2.24, 2.45) is 0 Å². The predicted molar refractivity (Wildman–Crippen MR) is 271 cm³/mol. The normalized spacial score (nSPS) is 12.7. The molecule has 0 spiro atoms. The summed E-state index contributed by atoms with van der Waals surface area (Å²) in [5.41, 5.74) is 19.8. The molecule has 1 aliphatic rings. The van der Waals surface area contributed by atoms with Crippen LogP contribution in [0.2, 0.25) is 0 Å². The molecule has 0 amide bonds. The predicted octanol–water partition coefficient (Wildman–Crippen LogP) is 16.8. The van der Waals surface area contributed by atoms with Crippen molar-refractivity contribution in [1.82, 2.24) is 9.97 Å². The number of nitrogens with zero attached hydrogens (tertiary/aromatic N) is 2. The van der Waals surface area contributed by atoms with E-state index in [2.05, 4.69) is 226 Å². The zero-order chi connectivity index (χ0) is 42.8. The average Bonchev–Trinajstić information content (AvgIpc) is 3.84. The van der Waals surface area contributed by atoms with Crippen LogP contribution in [0.1, 0.15) is 25.0 Å². The van der Waals surface area contributed by atoms with Gasteiger partial charge in [0.25, 0.3) is 0 Å². The van der Waals surface area contributed by atoms with Gasteiger partial charge < -0.3 is 0 Å². The van der Waals surface area contributed by atoms with Crippen LogP contribution in [0.15, 0.2) is 218 Å². The van der Waals surface area contributed by atoms with Crippen LogP contribution in [-0.4, -0.2) is 9.97 Å². The number of thiophene rings is 1. The minimum absolute atomic E-state index is 0.0666. The first-order chi connectivity index (χ1) is 31.5. The third kappa shape index (κ3) is 6.39. The van der Waals surface area contributed by atoms with E-state index in [1.807, 2.05) is 17.4 Å². The summed E-state index contributed by atoms with van der Waals surface area (Å²) in [5.74, 6) is 0.707. The number of benzene rings is 9. The SMILES string of the molecule is CC1(C)c2ccccc2-c2cc3sc4c(-c5cc(-c6cccc(-c7cc(-c8ccccc8)c(-c8ccccc8)c(-c8ccccc8)c7)c6)nc(-c6ccccc6)n5)cccc4c3cc21. The van der Waals surface area contributed by atoms with Crippen molar-refractivity contribution in [2.75, 3.05) is 0 Å². The van der Waals surface area contributed by atoms with Crippen molar-refractivity contribution < 1.29 is 0 Å². The van der Waals surface area contributed by atoms with Crippen molar-refractivity contribution in [3.05, 3.63) is 230 Å². The van der Waals surface area contributed by atoms with Crippen LogP contribution >= 0.6 is 11.3 Å². The van der Waals surface area contributed by atoms with Crippen LogP contribution in [0.3, 0.4) is 0 Å². The van der Waals surface area contributed by atoms with Crippen LogP contribution in [0.4, 0.5) is 0 Å². The van der Waals surface area contributed by atoms with Gasteiger partial charge in [0.05, 0.1) is 11.4 Å². The molecule has 2 aromatic heterocycles. The third-order valence-corrected chi connectivity index (χ3v) is 14.3. The fourth-order valence-electron chi connectivity index (χ4n) is 9.92. The molecule has 2 nitrogen and oxygen atoms in total. The van der Waals surface area contributed by atoms with Gasteiger partial charge in [0, 0.05) is 42.3 Å². The van der Waals surface area contributed by atoms with Crippen molar-refractivity contribution in [3.63, 3.8) is 0 Å². The van der Waals surface area contributed by atoms with E-state index in [0.29, 0.717) is 5.82 Å². The molecular formula is C61H42N2S. The number of fused-ring (bicyclic) bond motifs is 6. The van der Waals surface area contributed by atoms with Crippen LogP contribution in [0.25, 0.3) is 110 Å². The van der Waals surface area contributed by atoms with Gasteiger partial charge in [-0.25, -0.2) is 9.97 Å². The minimum atomic E-state index is -0.0666. The summed E-state index contributed by atoms with van der Waals surface area (Å²) in [6, 6.07) is 78.9. The molecule has 0 atom stereocenters. The third-order valence-electron chi connectivity index (χ3n) is 13.1. The number of rotatable bonds is 7. The molecule has 0 fully saturated rings. The maximum absolute atomic E-state index is 5.34. The second-order valence-corrected chi connectivity index (χ2v) is 18.4. The molecule has 2 heterocycles. The molecule has 9 aromatic carbocycles. The summed E-state index contributed by atoms with van der Waals surface area (Å²) in [5, 5.41) is 2.56. The smallest absolute Gasteiger partial charge is 0.160 e. The Kier molecular flexibility index (Phi) is 9.06. The van der Waals surface area contributed by atoms with Gasteiger partial charge in [-0.15, -0.1) is 11.3 Å². The number of aromatic nitrogens is 2. The Balaban J connectivity index is 1.03. The quantitative estimate of drug-likeness (QED) is 0.160. The van der Waals surface area contributed by atoms with E-state index in [-0.39, 0.29) is 5.41 Å². The second kappa shape index (κ2) is 15.3. The van der Waals surface area contributed by atoms with Gasteiger partial charge in [-0.05, 0) is 103 Å². The van der Waals surface area contributed by atoms with E-state index < -0.39 is 0 Å². The van der Waals surface area contributed by atoms with Gasteiger partial charge >= 0.3 is 0 Å². The standard InChI is InChI=1S/C61H42N2S/c1-61(2)53-32-16-15-29-46(53)51-37-57-52(36-54(51)61)47-30-18-31-48(59(47)64-57)56-38-55(62-60(63-56)42-25-13-6-14-26-42)44-28-17-27-43(33-44)45-34-49(39-19-7-3-8-20-39)58(41-23-11-5-12-24-41)50(35-45)40-21-9-4-10-22-40/h3-38H,1-2H3. The Bertz CT molecular complexity index is 3490. The zero-order valence-electron chi connectivity index (χ0n) is 35.6. The molecule has 0 bridgehead atoms. The molecule has 0 unspecified atom stereocenters. The van der Waals surface area contributed by atoms with Gasteiger partial charge in [-0.2, -0.15) is 0 Å². The summed E-state index contributed by atoms with van der Waals surface area (Å²) < 4.78 is 2.53. The molecule has 1 aliphatic carbocycles. The Morgan fingerprint density at radius 1 is 0.344 bits per heavy atom. The topological polar surface area (TPSA) is 25.8 Å². The lowest BCUT2D eigenvalue weighted by atomic mass is 9.82. The highest BCUT2D eigenvalue weighted by Gasteiger charge is 2.36. The van der Waals surface area contributed by atoms with Crippen LogP contribution < -0.4 is 0 Å². The molecule has 0 saturated heterocycles. The minimum Gasteiger partial charge on any atom is -0.228 e. The number of hydrogen-bond acceptors (Lipinski definition) is 3. The molecule has 11 aromatic rings. The van der Waals surface area contributed by atoms with E-state index in [9.17, 15) is 0 Å². The fourth-order valence-corrected chi connectivity index (χ4v) is 11.2. The monoisotopic (exact) mass is 834 g/mol. The second-order valence-electron chi connectivity index (χ2n) is 17.3. The van der Waals surface area contributed by atoms with E-state index in [1.165, 1.54) is 75.8 Å². The van der Waals surface area contributed by atoms with Crippen molar-refractivity contribution in [2.45, 2.75) is 19.3 Å². The van der Waals surface area contributed by atoms with Crippen molar-refractivity contribution in [3.8, 4) is 89.5 Å². The first-order valence-corrected chi connectivity index (χ1v) is 22.8. The van der Waals surface area contributed by atoms with Gasteiger partial charge in [0.1, 0.15) is 0 Å². The summed E-state index contributed by atoms with van der Waals surface area (Å²) in [4.78, 5) is 10.7. The van der Waals surface area contributed by atoms with Gasteiger partial charge in [-0.3, -0.25) is 0 Å². The first-order valence-electron chi connectivity index (χ1n) is 22.0. The van der Waals surface area contributed by atoms with Gasteiger partial charge in [0.2, 0.25) is 0 Å². The first kappa shape index (κ1) is 38.0. The van der Waals surface area contributed by atoms with Gasteiger partial charge in [0.15, 0.2) is 5.82 Å². The highest BCUT2D eigenvalue weighted by molar-refractivity contribution is 7.26. The molecule has 12 rings (SSSR count). The Morgan fingerprint density at radius 3 is 1.58 bits per heavy atom. The largest absolute Gasteiger partial charge is 0.228 e. The summed E-state index contributed by atoms with van der Waals surface area (Å²) in [6.45, 7) is 4.71. The Morgan fingerprint density at radius 2 is 0.891 bits per heavy atom. The van der Waals surface area contributed by atoms with Crippen LogP contribution in [0, 0.1) is 0 Å². The molecular weight excluding hydrogens is 793 g/mol. The molecule has 0 N–H and O–H groups in total. The highest BCUT2D eigenvalue weighted by atomic mass is 32.1. The molecule has 302 valence electrons. The summed E-state index contributed by atoms with van der Waals surface area (Å²) in [7, 11) is 0. The molecule has 64 heavy (non-hydrogen) atoms. The highest BCUT2D eigenvalue weighted by Crippen LogP contribution is 2.52. The molecule has 0 saturated carbocycles. The van der Waals surface area contributed by atoms with Crippen molar-refractivity contribution >= 4 is 31.5 Å². The lowest BCUT2D eigenvalue weighted by Crippen LogP contribution is -2.14. The lowest BCUT2D eigenvalue weighted by molar-refractivity contribution is 0.661. The average molecular weight is 835 g/mol. The van der Waals surface area contributed by atoms with Crippen LogP contribution in [-0.2, 0) is 5.41 Å². The van der Waals surface area contributed by atoms with E-state index >= 15 is 0 Å². The van der Waals surface area contributed by atoms with Crippen LogP contribution in [0.5, 0.6) is 0 Å². The Labute approximate surface area is 377 Å². The number of hydrogen-bond donors (Lipinski definition) is 0. The molecule has 0 aliphatic heterocycles. The Hall–Kier alpha value is -7.72. The maximum atomic E-state index is 5.34. The summed E-state index contributed by atoms with van der Waals surface area (Å²) in [6.07, 6.45) is 0. The summed E-state index contributed by atoms with van der Waals surface area (Å²) >= 11 is 1.87. The molecule has 0 radical (unpaired) electrons. The fraction of sp³-hybridized carbons (Fsp3) is 0.0492. The maximum Gasteiger partial charge on any atom is 0.160 e. The van der Waals surface area contributed by atoms with E-state index in [4.69, 9.17) is 9.97 Å².